The molecular weight excluding hydrogens is 815 g/mol. The molecular formula is C35H32BrIN2O8S. The van der Waals surface area contributed by atoms with Gasteiger partial charge in [-0.2, -0.15) is 0 Å². The van der Waals surface area contributed by atoms with E-state index in [2.05, 4.69) is 48.3 Å². The number of hydrogen-bond acceptors (Lipinski definition) is 10. The number of methoxy groups -OCH3 is 1. The van der Waals surface area contributed by atoms with Crippen molar-refractivity contribution in [3.8, 4) is 17.2 Å². The number of halogens is 2. The summed E-state index contributed by atoms with van der Waals surface area (Å²) in [5, 5.41) is 0. The van der Waals surface area contributed by atoms with Gasteiger partial charge in [0.15, 0.2) is 22.9 Å². The minimum absolute atomic E-state index is 0.149. The lowest BCUT2D eigenvalue weighted by Gasteiger charge is -2.25. The van der Waals surface area contributed by atoms with Crippen molar-refractivity contribution in [3.63, 3.8) is 0 Å². The molecule has 5 rings (SSSR count). The molecule has 0 bridgehead atoms. The van der Waals surface area contributed by atoms with E-state index in [1.807, 2.05) is 49.4 Å². The number of aromatic nitrogens is 1. The van der Waals surface area contributed by atoms with Crippen molar-refractivity contribution >= 4 is 67.9 Å². The molecule has 3 aromatic carbocycles. The number of nitrogens with zero attached hydrogens (tertiary/aromatic N) is 2. The Hall–Kier alpha value is -3.95. The van der Waals surface area contributed by atoms with E-state index < -0.39 is 18.0 Å². The fourth-order valence-corrected chi connectivity index (χ4v) is 7.88. The Balaban J connectivity index is 1.58. The molecule has 10 nitrogen and oxygen atoms in total. The molecule has 0 unspecified atom stereocenters. The van der Waals surface area contributed by atoms with Crippen LogP contribution in [0.4, 0.5) is 0 Å². The van der Waals surface area contributed by atoms with Gasteiger partial charge in [-0.15, -0.1) is 0 Å². The first-order valence-electron chi connectivity index (χ1n) is 15.0. The van der Waals surface area contributed by atoms with Gasteiger partial charge in [-0.05, 0) is 106 Å². The van der Waals surface area contributed by atoms with Crippen LogP contribution in [0.5, 0.6) is 17.2 Å². The van der Waals surface area contributed by atoms with Crippen LogP contribution in [0.3, 0.4) is 0 Å². The van der Waals surface area contributed by atoms with Crippen molar-refractivity contribution in [3.05, 3.63) is 116 Å². The summed E-state index contributed by atoms with van der Waals surface area (Å²) >= 11 is 7.09. The van der Waals surface area contributed by atoms with E-state index in [4.69, 9.17) is 18.9 Å². The highest BCUT2D eigenvalue weighted by Crippen LogP contribution is 2.37. The zero-order valence-corrected chi connectivity index (χ0v) is 31.1. The van der Waals surface area contributed by atoms with E-state index in [9.17, 15) is 14.4 Å². The van der Waals surface area contributed by atoms with E-state index in [1.54, 1.807) is 38.1 Å². The van der Waals surface area contributed by atoms with Gasteiger partial charge in [0.2, 0.25) is 0 Å². The largest absolute Gasteiger partial charge is 0.490 e. The molecule has 1 atom stereocenters. The lowest BCUT2D eigenvalue weighted by Crippen LogP contribution is -2.40. The van der Waals surface area contributed by atoms with Crippen LogP contribution in [0.1, 0.15) is 43.5 Å². The lowest BCUT2D eigenvalue weighted by atomic mass is 9.95. The Bertz CT molecular complexity index is 2040. The quantitative estimate of drug-likeness (QED) is 0.132. The van der Waals surface area contributed by atoms with Crippen LogP contribution in [-0.4, -0.2) is 43.4 Å². The molecule has 1 aromatic heterocycles. The highest BCUT2D eigenvalue weighted by Gasteiger charge is 2.34. The molecule has 250 valence electrons. The number of carbonyl (C=O) groups is 2. The summed E-state index contributed by atoms with van der Waals surface area (Å²) in [6.45, 7) is 5.82. The van der Waals surface area contributed by atoms with Gasteiger partial charge < -0.3 is 23.7 Å². The van der Waals surface area contributed by atoms with Gasteiger partial charge in [0.05, 0.1) is 50.2 Å². The van der Waals surface area contributed by atoms with Crippen LogP contribution in [0.25, 0.3) is 6.08 Å². The van der Waals surface area contributed by atoms with E-state index >= 15 is 0 Å². The fourth-order valence-electron chi connectivity index (χ4n) is 5.07. The normalized spacial score (nSPS) is 14.2. The molecule has 4 aromatic rings. The number of benzene rings is 3. The molecule has 0 spiro atoms. The Kier molecular flexibility index (Phi) is 11.8. The first-order valence-corrected chi connectivity index (χ1v) is 17.7. The van der Waals surface area contributed by atoms with Crippen molar-refractivity contribution in [1.29, 1.82) is 0 Å². The third-order valence-corrected chi connectivity index (χ3v) is 9.59. The number of allylic oxidation sites excluding steroid dienone is 1. The standard InChI is InChI=1S/C35H32BrIN2O8S/c1-5-44-27-17-23(12-13-26(27)46-19-29(40)43-4)31-30(34(42)45-6-2)20(3)38-35-39(31)33(41)28(48-35)16-22-14-24(36)32(25(37)15-22)47-18-21-10-8-7-9-11-21/h7-17,31H,5-6,18-19H2,1-4H3/b28-16-/t31-/m1/s1. The van der Waals surface area contributed by atoms with Gasteiger partial charge in [-0.3, -0.25) is 9.36 Å². The van der Waals surface area contributed by atoms with Gasteiger partial charge in [0, 0.05) is 0 Å². The summed E-state index contributed by atoms with van der Waals surface area (Å²) in [4.78, 5) is 44.4. The Morgan fingerprint density at radius 1 is 1.02 bits per heavy atom. The van der Waals surface area contributed by atoms with E-state index in [0.717, 1.165) is 19.2 Å². The summed E-state index contributed by atoms with van der Waals surface area (Å²) in [5.41, 5.74) is 2.76. The topological polar surface area (TPSA) is 115 Å². The highest BCUT2D eigenvalue weighted by molar-refractivity contribution is 14.1. The van der Waals surface area contributed by atoms with Gasteiger partial charge in [-0.1, -0.05) is 47.7 Å². The van der Waals surface area contributed by atoms with Crippen molar-refractivity contribution < 1.29 is 33.3 Å². The SMILES string of the molecule is CCOC(=O)C1=C(C)N=c2s/c(=C\c3cc(Br)c(OCc4ccccc4)c(I)c3)c(=O)n2[C@@H]1c1ccc(OCC(=O)OC)c(OCC)c1. The average Bonchev–Trinajstić information content (AvgIpc) is 3.37. The second-order valence-electron chi connectivity index (χ2n) is 10.4. The maximum absolute atomic E-state index is 14.2. The monoisotopic (exact) mass is 846 g/mol. The zero-order chi connectivity index (χ0) is 34.4. The molecule has 1 aliphatic heterocycles. The summed E-state index contributed by atoms with van der Waals surface area (Å²) in [6.07, 6.45) is 1.80. The number of esters is 2. The van der Waals surface area contributed by atoms with Crippen molar-refractivity contribution in [2.75, 3.05) is 26.9 Å². The Morgan fingerprint density at radius 3 is 2.48 bits per heavy atom. The smallest absolute Gasteiger partial charge is 0.343 e. The first-order chi connectivity index (χ1) is 23.1. The number of rotatable bonds is 12. The Labute approximate surface area is 302 Å². The summed E-state index contributed by atoms with van der Waals surface area (Å²) < 4.78 is 31.3. The number of fused-ring (bicyclic) bond motifs is 1. The summed E-state index contributed by atoms with van der Waals surface area (Å²) in [7, 11) is 1.27. The minimum atomic E-state index is -0.864. The maximum atomic E-state index is 14.2. The van der Waals surface area contributed by atoms with Crippen LogP contribution in [0.15, 0.2) is 86.2 Å². The molecule has 0 aliphatic carbocycles. The highest BCUT2D eigenvalue weighted by atomic mass is 127. The Morgan fingerprint density at radius 2 is 1.79 bits per heavy atom. The van der Waals surface area contributed by atoms with Crippen molar-refractivity contribution in [2.45, 2.75) is 33.4 Å². The van der Waals surface area contributed by atoms with Gasteiger partial charge >= 0.3 is 11.9 Å². The molecule has 13 heteroatoms. The molecule has 0 amide bonds. The summed E-state index contributed by atoms with van der Waals surface area (Å²) in [5.74, 6) is 0.234. The third-order valence-electron chi connectivity index (χ3n) is 7.22. The van der Waals surface area contributed by atoms with Gasteiger partial charge in [-0.25, -0.2) is 14.6 Å². The molecule has 0 N–H and O–H groups in total. The molecule has 0 fully saturated rings. The molecule has 2 heterocycles. The number of hydrogen-bond donors (Lipinski definition) is 0. The number of thiazole rings is 1. The van der Waals surface area contributed by atoms with Crippen LogP contribution in [0.2, 0.25) is 0 Å². The van der Waals surface area contributed by atoms with Crippen LogP contribution < -0.4 is 29.1 Å². The average molecular weight is 848 g/mol. The predicted molar refractivity (Wildman–Crippen MR) is 193 cm³/mol. The van der Waals surface area contributed by atoms with Gasteiger partial charge in [0.1, 0.15) is 12.4 Å². The van der Waals surface area contributed by atoms with Crippen LogP contribution >= 0.6 is 49.9 Å². The lowest BCUT2D eigenvalue weighted by molar-refractivity contribution is -0.143. The fraction of sp³-hybridized carbons (Fsp3) is 0.257. The number of carbonyl (C=O) groups excluding carboxylic acids is 2. The number of ether oxygens (including phenoxy) is 5. The zero-order valence-electron chi connectivity index (χ0n) is 26.6. The molecule has 0 saturated carbocycles. The van der Waals surface area contributed by atoms with E-state index in [0.29, 0.717) is 51.1 Å². The van der Waals surface area contributed by atoms with Crippen molar-refractivity contribution in [2.24, 2.45) is 4.99 Å². The second kappa shape index (κ2) is 16.0. The molecule has 0 radical (unpaired) electrons. The first kappa shape index (κ1) is 35.4. The summed E-state index contributed by atoms with van der Waals surface area (Å²) in [6, 6.07) is 17.9. The maximum Gasteiger partial charge on any atom is 0.343 e. The molecule has 48 heavy (non-hydrogen) atoms. The van der Waals surface area contributed by atoms with Crippen molar-refractivity contribution in [1.82, 2.24) is 4.57 Å². The molecule has 0 saturated heterocycles. The third kappa shape index (κ3) is 7.84. The predicted octanol–water partition coefficient (Wildman–Crippen LogP) is 5.69. The van der Waals surface area contributed by atoms with Gasteiger partial charge in [0.25, 0.3) is 5.56 Å². The van der Waals surface area contributed by atoms with Crippen LogP contribution in [-0.2, 0) is 25.7 Å². The van der Waals surface area contributed by atoms with E-state index in [-0.39, 0.29) is 24.3 Å². The second-order valence-corrected chi connectivity index (χ2v) is 13.4. The minimum Gasteiger partial charge on any atom is -0.490 e. The molecule has 1 aliphatic rings. The van der Waals surface area contributed by atoms with Crippen LogP contribution in [0, 0.1) is 3.57 Å². The van der Waals surface area contributed by atoms with E-state index in [1.165, 1.54) is 23.0 Å².